The second kappa shape index (κ2) is 12.8. The van der Waals surface area contributed by atoms with Crippen molar-refractivity contribution < 1.29 is 24.1 Å². The summed E-state index contributed by atoms with van der Waals surface area (Å²) in [5, 5.41) is 2.44. The Kier molecular flexibility index (Phi) is 8.41. The molecule has 0 aliphatic heterocycles. The van der Waals surface area contributed by atoms with Crippen molar-refractivity contribution in [3.05, 3.63) is 147 Å². The van der Waals surface area contributed by atoms with E-state index in [1.54, 1.807) is 0 Å². The summed E-state index contributed by atoms with van der Waals surface area (Å²) >= 11 is 2.48. The summed E-state index contributed by atoms with van der Waals surface area (Å²) in [6.45, 7) is 25.6. The normalized spacial score (nSPS) is 15.8. The van der Waals surface area contributed by atoms with Gasteiger partial charge in [-0.25, -0.2) is 0 Å². The maximum absolute atomic E-state index is 6.80. The van der Waals surface area contributed by atoms with E-state index in [0.29, 0.717) is 0 Å². The van der Waals surface area contributed by atoms with Crippen LogP contribution < -0.4 is 4.74 Å². The number of imidazole rings is 1. The van der Waals surface area contributed by atoms with Gasteiger partial charge >= 0.3 is 255 Å². The van der Waals surface area contributed by atoms with Crippen LogP contribution in [0, 0.1) is 23.1 Å². The summed E-state index contributed by atoms with van der Waals surface area (Å²) in [4.78, 5) is 4.92. The molecule has 57 heavy (non-hydrogen) atoms. The monoisotopic (exact) mass is 931 g/mol. The van der Waals surface area contributed by atoms with Crippen molar-refractivity contribution in [3.63, 3.8) is 0 Å². The second-order valence-electron chi connectivity index (χ2n) is 18.8. The van der Waals surface area contributed by atoms with Crippen LogP contribution in [0.4, 0.5) is 0 Å². The Morgan fingerprint density at radius 3 is 1.93 bits per heavy atom. The van der Waals surface area contributed by atoms with Crippen molar-refractivity contribution in [3.8, 4) is 28.7 Å². The molecule has 5 aromatic carbocycles. The number of benzene rings is 5. The fraction of sp³-hybridized carbons (Fsp3) is 0.294. The zero-order valence-corrected chi connectivity index (χ0v) is 37.3. The predicted molar refractivity (Wildman–Crippen MR) is 233 cm³/mol. The van der Waals surface area contributed by atoms with Crippen LogP contribution >= 0.6 is 0 Å². The number of fused-ring (bicyclic) bond motifs is 5. The third-order valence-electron chi connectivity index (χ3n) is 13.7. The minimum atomic E-state index is -0.0161. The molecule has 0 saturated heterocycles. The Bertz CT molecular complexity index is 2980. The van der Waals surface area contributed by atoms with Gasteiger partial charge in [-0.2, -0.15) is 0 Å². The molecule has 5 nitrogen and oxygen atoms in total. The van der Waals surface area contributed by atoms with Gasteiger partial charge in [-0.3, -0.25) is 0 Å². The molecular formula is C51H52N4OPt. The summed E-state index contributed by atoms with van der Waals surface area (Å²) in [5.74, 6) is 2.47. The number of aryl methyl sites for hydroxylation is 2. The number of nitrogens with zero attached hydrogens (tertiary/aromatic N) is 4. The van der Waals surface area contributed by atoms with Gasteiger partial charge in [0.05, 0.1) is 0 Å². The number of ether oxygens (including phenoxy) is 1. The van der Waals surface area contributed by atoms with E-state index in [2.05, 4.69) is 212 Å². The van der Waals surface area contributed by atoms with Gasteiger partial charge in [0.2, 0.25) is 0 Å². The molecule has 0 saturated carbocycles. The average Bonchev–Trinajstić information content (AvgIpc) is 3.67. The van der Waals surface area contributed by atoms with Crippen LogP contribution in [0.1, 0.15) is 90.1 Å². The van der Waals surface area contributed by atoms with Crippen molar-refractivity contribution in [2.45, 2.75) is 92.4 Å². The quantitative estimate of drug-likeness (QED) is 0.172. The Balaban J connectivity index is 1.19. The van der Waals surface area contributed by atoms with Crippen LogP contribution in [0.25, 0.3) is 50.0 Å². The molecule has 0 spiro atoms. The van der Waals surface area contributed by atoms with Crippen LogP contribution in [0.15, 0.2) is 115 Å². The first-order valence-corrected chi connectivity index (χ1v) is 21.2. The third-order valence-corrected chi connectivity index (χ3v) is 14.8. The minimum absolute atomic E-state index is 0.00128. The van der Waals surface area contributed by atoms with Gasteiger partial charge < -0.3 is 0 Å². The molecule has 0 atom stereocenters. The molecule has 6 heteroatoms. The summed E-state index contributed by atoms with van der Waals surface area (Å²) in [5.41, 5.74) is 13.4. The molecule has 9 rings (SSSR count). The predicted octanol–water partition coefficient (Wildman–Crippen LogP) is 13.3. The molecule has 8 aromatic rings. The van der Waals surface area contributed by atoms with Crippen molar-refractivity contribution >= 4 is 32.8 Å². The fourth-order valence-corrected chi connectivity index (χ4v) is 10.3. The van der Waals surface area contributed by atoms with Gasteiger partial charge in [0, 0.05) is 6.20 Å². The van der Waals surface area contributed by atoms with E-state index in [1.807, 2.05) is 12.3 Å². The van der Waals surface area contributed by atoms with Gasteiger partial charge in [0.15, 0.2) is 0 Å². The number of aromatic nitrogens is 4. The van der Waals surface area contributed by atoms with Gasteiger partial charge in [0.1, 0.15) is 0 Å². The van der Waals surface area contributed by atoms with E-state index in [-0.39, 0.29) is 21.7 Å². The van der Waals surface area contributed by atoms with Crippen molar-refractivity contribution in [2.75, 3.05) is 0 Å². The van der Waals surface area contributed by atoms with E-state index >= 15 is 0 Å². The Morgan fingerprint density at radius 2 is 1.23 bits per heavy atom. The molecule has 1 aliphatic rings. The van der Waals surface area contributed by atoms with Crippen LogP contribution in [0.5, 0.6) is 11.5 Å². The molecule has 0 unspecified atom stereocenters. The van der Waals surface area contributed by atoms with Gasteiger partial charge in [0.25, 0.3) is 0 Å². The fourth-order valence-electron chi connectivity index (χ4n) is 9.12. The summed E-state index contributed by atoms with van der Waals surface area (Å²) < 4.78 is 14.9. The van der Waals surface area contributed by atoms with Crippen molar-refractivity contribution in [1.82, 2.24) is 18.7 Å². The van der Waals surface area contributed by atoms with Crippen molar-refractivity contribution in [2.24, 2.45) is 5.41 Å². The van der Waals surface area contributed by atoms with Crippen LogP contribution in [-0.4, -0.2) is 18.7 Å². The summed E-state index contributed by atoms with van der Waals surface area (Å²) in [6.07, 6.45) is 1.91. The molecule has 0 amide bonds. The van der Waals surface area contributed by atoms with Crippen LogP contribution in [0.2, 0.25) is 0 Å². The molecule has 0 radical (unpaired) electrons. The molecule has 1 aliphatic carbocycles. The van der Waals surface area contributed by atoms with E-state index < -0.39 is 0 Å². The SMILES string of the molecule is Cc1ccc(-n2[c](=[Pt])n(-c3cccc(Oc4ccc5c6cc7c(cc6n(-c6cc(C)ccn6)c5c4)C(C)(C)C(C)(C)C7(C)C)c3)c3ccc(C(C)(C)C)cc32)cc1. The first-order valence-electron chi connectivity index (χ1n) is 20.0. The van der Waals surface area contributed by atoms with Crippen LogP contribution in [-0.2, 0) is 35.6 Å². The zero-order chi connectivity index (χ0) is 40.4. The Morgan fingerprint density at radius 1 is 0.561 bits per heavy atom. The maximum atomic E-state index is 6.80. The first-order chi connectivity index (χ1) is 26.9. The molecular weight excluding hydrogens is 880 g/mol. The Hall–Kier alpha value is -4.99. The standard InChI is InChI=1S/C51H52N4O.Pt/c1-32-15-18-35(19-16-32)53-31-54(43-22-17-34(26-46(43)53)48(3,4)5)36-13-12-14-37(27-36)56-38-20-21-39-40-29-41-42(50(8,9)51(10,11)49(41,6)7)30-45(40)55(44(39)28-38)47-25-33(2)23-24-52-47;/h12-30H,1-11H3;. The summed E-state index contributed by atoms with van der Waals surface area (Å²) in [7, 11) is 0. The molecule has 3 aromatic heterocycles. The number of pyridine rings is 1. The topological polar surface area (TPSA) is 36.9 Å². The average molecular weight is 932 g/mol. The van der Waals surface area contributed by atoms with Gasteiger partial charge in [-0.1, -0.05) is 41.5 Å². The number of hydrogen-bond donors (Lipinski definition) is 0. The molecule has 3 heterocycles. The van der Waals surface area contributed by atoms with Gasteiger partial charge in [-0.15, -0.1) is 0 Å². The van der Waals surface area contributed by atoms with Gasteiger partial charge in [-0.05, 0) is 45.9 Å². The number of hydrogen-bond acceptors (Lipinski definition) is 2. The van der Waals surface area contributed by atoms with E-state index in [9.17, 15) is 0 Å². The zero-order valence-electron chi connectivity index (χ0n) is 35.0. The van der Waals surface area contributed by atoms with Crippen molar-refractivity contribution in [1.29, 1.82) is 0 Å². The second-order valence-corrected chi connectivity index (χ2v) is 19.8. The third kappa shape index (κ3) is 5.67. The van der Waals surface area contributed by atoms with E-state index in [1.165, 1.54) is 49.6 Å². The molecule has 0 N–H and O–H groups in total. The molecule has 292 valence electrons. The summed E-state index contributed by atoms with van der Waals surface area (Å²) in [6, 6.07) is 39.8. The number of rotatable bonds is 5. The van der Waals surface area contributed by atoms with E-state index in [0.717, 1.165) is 43.5 Å². The molecule has 0 fully saturated rings. The van der Waals surface area contributed by atoms with E-state index in [4.69, 9.17) is 9.72 Å². The van der Waals surface area contributed by atoms with Crippen LogP contribution in [0.3, 0.4) is 0 Å². The first kappa shape index (κ1) is 37.6. The Labute approximate surface area is 347 Å². The molecule has 0 bridgehead atoms.